The van der Waals surface area contributed by atoms with Gasteiger partial charge in [0.05, 0.1) is 17.8 Å². The molecular weight excluding hydrogens is 487 g/mol. The lowest BCUT2D eigenvalue weighted by Crippen LogP contribution is -2.33. The number of ether oxygens (including phenoxy) is 1. The van der Waals surface area contributed by atoms with Crippen molar-refractivity contribution < 1.29 is 39.9 Å². The number of methoxy groups -OCH3 is 1. The van der Waals surface area contributed by atoms with Crippen LogP contribution in [0, 0.1) is 11.6 Å². The number of hydrogen-bond donors (Lipinski definition) is 1. The normalized spacial score (nSPS) is 12.0. The minimum absolute atomic E-state index is 0.105. The second-order valence-corrected chi connectivity index (χ2v) is 8.08. The van der Waals surface area contributed by atoms with Crippen molar-refractivity contribution in [1.82, 2.24) is 19.7 Å². The Hall–Kier alpha value is -3.26. The van der Waals surface area contributed by atoms with Gasteiger partial charge in [-0.1, -0.05) is 16.8 Å². The summed E-state index contributed by atoms with van der Waals surface area (Å²) < 4.78 is 99.0. The van der Waals surface area contributed by atoms with Crippen LogP contribution in [0.5, 0.6) is 5.75 Å². The fourth-order valence-electron chi connectivity index (χ4n) is 2.56. The number of carbonyl (C=O) groups is 1. The van der Waals surface area contributed by atoms with Gasteiger partial charge in [-0.25, -0.2) is 26.6 Å². The van der Waals surface area contributed by atoms with Crippen molar-refractivity contribution in [1.29, 1.82) is 0 Å². The first-order valence-electron chi connectivity index (χ1n) is 8.24. The molecule has 3 aromatic rings. The van der Waals surface area contributed by atoms with Gasteiger partial charge in [-0.3, -0.25) is 4.79 Å². The molecule has 1 heterocycles. The Kier molecular flexibility index (Phi) is 6.11. The number of rotatable bonds is 5. The Bertz CT molecular complexity index is 1310. The average molecular weight is 497 g/mol. The second kappa shape index (κ2) is 8.35. The minimum Gasteiger partial charge on any atom is -0.497 e. The first-order chi connectivity index (χ1) is 14.8. The summed E-state index contributed by atoms with van der Waals surface area (Å²) in [5, 5.41) is 6.19. The van der Waals surface area contributed by atoms with Gasteiger partial charge in [0.2, 0.25) is 0 Å². The molecule has 170 valence electrons. The van der Waals surface area contributed by atoms with Gasteiger partial charge in [0.25, 0.3) is 15.9 Å². The fraction of sp³-hybridized carbons (Fsp3) is 0.118. The SMILES string of the molecule is COc1ccc(Cl)c(-n2nnc(C(=O)NS(=O)(=O)c3ccc(F)cc3F)c2C(F)(F)F)c1. The molecule has 0 aliphatic carbocycles. The third kappa shape index (κ3) is 4.50. The van der Waals surface area contributed by atoms with Crippen LogP contribution >= 0.6 is 11.6 Å². The first kappa shape index (κ1) is 23.4. The van der Waals surface area contributed by atoms with Crippen LogP contribution < -0.4 is 9.46 Å². The van der Waals surface area contributed by atoms with E-state index < -0.39 is 50.0 Å². The van der Waals surface area contributed by atoms with Crippen LogP contribution in [0.25, 0.3) is 5.69 Å². The maximum absolute atomic E-state index is 13.8. The smallest absolute Gasteiger partial charge is 0.435 e. The largest absolute Gasteiger partial charge is 0.497 e. The van der Waals surface area contributed by atoms with Crippen molar-refractivity contribution in [3.8, 4) is 11.4 Å². The van der Waals surface area contributed by atoms with E-state index in [1.807, 2.05) is 0 Å². The number of hydrogen-bond acceptors (Lipinski definition) is 6. The lowest BCUT2D eigenvalue weighted by atomic mass is 10.2. The maximum Gasteiger partial charge on any atom is 0.435 e. The van der Waals surface area contributed by atoms with E-state index in [0.717, 1.165) is 6.07 Å². The average Bonchev–Trinajstić information content (AvgIpc) is 3.13. The number of nitrogens with zero attached hydrogens (tertiary/aromatic N) is 3. The molecule has 0 aliphatic rings. The molecule has 0 radical (unpaired) electrons. The van der Waals surface area contributed by atoms with Crippen LogP contribution in [0.2, 0.25) is 5.02 Å². The first-order valence-corrected chi connectivity index (χ1v) is 10.1. The van der Waals surface area contributed by atoms with E-state index >= 15 is 0 Å². The summed E-state index contributed by atoms with van der Waals surface area (Å²) >= 11 is 5.94. The molecule has 2 aromatic carbocycles. The number of nitrogens with one attached hydrogen (secondary N) is 1. The molecule has 0 saturated heterocycles. The molecule has 0 spiro atoms. The quantitative estimate of drug-likeness (QED) is 0.543. The summed E-state index contributed by atoms with van der Waals surface area (Å²) in [6.07, 6.45) is -5.24. The predicted octanol–water partition coefficient (Wildman–Crippen LogP) is 3.35. The van der Waals surface area contributed by atoms with Crippen molar-refractivity contribution in [2.45, 2.75) is 11.1 Å². The van der Waals surface area contributed by atoms with Gasteiger partial charge >= 0.3 is 6.18 Å². The third-order valence-corrected chi connectivity index (χ3v) is 5.63. The van der Waals surface area contributed by atoms with Crippen molar-refractivity contribution in [2.75, 3.05) is 7.11 Å². The molecule has 0 atom stereocenters. The van der Waals surface area contributed by atoms with E-state index in [1.54, 1.807) is 0 Å². The van der Waals surface area contributed by atoms with E-state index in [9.17, 15) is 35.2 Å². The van der Waals surface area contributed by atoms with Crippen LogP contribution in [-0.4, -0.2) is 36.4 Å². The zero-order valence-electron chi connectivity index (χ0n) is 15.6. The lowest BCUT2D eigenvalue weighted by Gasteiger charge is -2.13. The van der Waals surface area contributed by atoms with Crippen LogP contribution in [0.15, 0.2) is 41.3 Å². The van der Waals surface area contributed by atoms with Crippen molar-refractivity contribution in [2.24, 2.45) is 0 Å². The number of sulfonamides is 1. The van der Waals surface area contributed by atoms with Crippen LogP contribution in [0.1, 0.15) is 16.2 Å². The highest BCUT2D eigenvalue weighted by atomic mass is 35.5. The Labute approximate surface area is 181 Å². The molecule has 0 aliphatic heterocycles. The number of carbonyl (C=O) groups excluding carboxylic acids is 1. The highest BCUT2D eigenvalue weighted by Crippen LogP contribution is 2.35. The zero-order chi connectivity index (χ0) is 23.8. The number of alkyl halides is 3. The molecule has 0 unspecified atom stereocenters. The summed E-state index contributed by atoms with van der Waals surface area (Å²) in [4.78, 5) is 11.2. The van der Waals surface area contributed by atoms with E-state index in [-0.39, 0.29) is 27.2 Å². The molecule has 8 nitrogen and oxygen atoms in total. The van der Waals surface area contributed by atoms with E-state index in [2.05, 4.69) is 10.3 Å². The standard InChI is InChI=1S/C17H10ClF5N4O4S/c1-31-9-3-4-10(18)12(7-9)27-15(17(21,22)23)14(24-26-27)16(28)25-32(29,30)13-5-2-8(19)6-11(13)20/h2-7H,1H3,(H,25,28). The van der Waals surface area contributed by atoms with E-state index in [0.29, 0.717) is 12.1 Å². The van der Waals surface area contributed by atoms with Crippen molar-refractivity contribution in [3.05, 3.63) is 64.4 Å². The molecule has 0 bridgehead atoms. The topological polar surface area (TPSA) is 103 Å². The molecule has 1 N–H and O–H groups in total. The van der Waals surface area contributed by atoms with Gasteiger partial charge in [0, 0.05) is 12.1 Å². The monoisotopic (exact) mass is 496 g/mol. The Morgan fingerprint density at radius 2 is 1.84 bits per heavy atom. The fourth-order valence-corrected chi connectivity index (χ4v) is 3.77. The predicted molar refractivity (Wildman–Crippen MR) is 98.9 cm³/mol. The number of amides is 1. The van der Waals surface area contributed by atoms with Crippen LogP contribution in [-0.2, 0) is 16.2 Å². The Morgan fingerprint density at radius 3 is 2.44 bits per heavy atom. The van der Waals surface area contributed by atoms with Gasteiger partial charge < -0.3 is 4.74 Å². The van der Waals surface area contributed by atoms with Crippen molar-refractivity contribution >= 4 is 27.5 Å². The maximum atomic E-state index is 13.8. The summed E-state index contributed by atoms with van der Waals surface area (Å²) in [6, 6.07) is 4.95. The molecular formula is C17H10ClF5N4O4S. The Morgan fingerprint density at radius 1 is 1.16 bits per heavy atom. The van der Waals surface area contributed by atoms with E-state index in [4.69, 9.17) is 16.3 Å². The summed E-state index contributed by atoms with van der Waals surface area (Å²) in [5.41, 5.74) is -3.54. The third-order valence-electron chi connectivity index (χ3n) is 3.95. The molecule has 1 amide bonds. The van der Waals surface area contributed by atoms with Gasteiger partial charge in [-0.15, -0.1) is 5.10 Å². The minimum atomic E-state index is -5.24. The van der Waals surface area contributed by atoms with Gasteiger partial charge in [0.1, 0.15) is 22.3 Å². The second-order valence-electron chi connectivity index (χ2n) is 6.02. The van der Waals surface area contributed by atoms with Gasteiger partial charge in [0.15, 0.2) is 11.4 Å². The van der Waals surface area contributed by atoms with Gasteiger partial charge in [-0.2, -0.15) is 13.2 Å². The van der Waals surface area contributed by atoms with Crippen LogP contribution in [0.3, 0.4) is 0 Å². The molecule has 32 heavy (non-hydrogen) atoms. The highest BCUT2D eigenvalue weighted by Gasteiger charge is 2.43. The van der Waals surface area contributed by atoms with Gasteiger partial charge in [-0.05, 0) is 24.3 Å². The summed E-state index contributed by atoms with van der Waals surface area (Å²) in [6.45, 7) is 0. The number of halogens is 6. The number of aromatic nitrogens is 3. The lowest BCUT2D eigenvalue weighted by molar-refractivity contribution is -0.143. The summed E-state index contributed by atoms with van der Waals surface area (Å²) in [5.74, 6) is -4.42. The molecule has 0 fully saturated rings. The molecule has 1 aromatic heterocycles. The van der Waals surface area contributed by atoms with Crippen LogP contribution in [0.4, 0.5) is 22.0 Å². The van der Waals surface area contributed by atoms with E-state index in [1.165, 1.54) is 24.0 Å². The number of benzene rings is 2. The van der Waals surface area contributed by atoms with Crippen molar-refractivity contribution in [3.63, 3.8) is 0 Å². The Balaban J connectivity index is 2.08. The molecule has 0 saturated carbocycles. The molecule has 15 heteroatoms. The zero-order valence-corrected chi connectivity index (χ0v) is 17.2. The summed E-state index contributed by atoms with van der Waals surface area (Å²) in [7, 11) is -3.78. The highest BCUT2D eigenvalue weighted by molar-refractivity contribution is 7.90. The molecule has 3 rings (SSSR count).